The highest BCUT2D eigenvalue weighted by Crippen LogP contribution is 2.34. The molecular weight excluding hydrogens is 452 g/mol. The second-order valence-corrected chi connectivity index (χ2v) is 11.4. The van der Waals surface area contributed by atoms with Gasteiger partial charge >= 0.3 is 0 Å². The third-order valence-corrected chi connectivity index (χ3v) is 8.65. The van der Waals surface area contributed by atoms with Crippen molar-refractivity contribution in [2.24, 2.45) is 5.92 Å². The number of benzene rings is 1. The Morgan fingerprint density at radius 1 is 1.00 bits per heavy atom. The third-order valence-electron chi connectivity index (χ3n) is 8.65. The fourth-order valence-corrected chi connectivity index (χ4v) is 6.05. The van der Waals surface area contributed by atoms with Crippen LogP contribution in [0, 0.1) is 5.92 Å². The van der Waals surface area contributed by atoms with Gasteiger partial charge in [0.05, 0.1) is 11.5 Å². The minimum Gasteiger partial charge on any atom is -0.393 e. The minimum absolute atomic E-state index is 0.0161. The SMILES string of the molecule is C[C@@H]1CN(c2ccc3c(c2)c(=O)n(C2CCC(O)CC2)c2nc(NCC4CC4)ncc32)[C@@H](C)CN1C. The lowest BCUT2D eigenvalue weighted by molar-refractivity contribution is 0.111. The van der Waals surface area contributed by atoms with Gasteiger partial charge in [-0.2, -0.15) is 4.98 Å². The summed E-state index contributed by atoms with van der Waals surface area (Å²) in [6.07, 6.45) is 7.11. The molecule has 2 aromatic heterocycles. The van der Waals surface area contributed by atoms with Crippen molar-refractivity contribution in [3.63, 3.8) is 0 Å². The van der Waals surface area contributed by atoms with Gasteiger partial charge in [0.1, 0.15) is 5.65 Å². The molecule has 2 saturated carbocycles. The fraction of sp³-hybridized carbons (Fsp3) is 0.607. The third kappa shape index (κ3) is 4.34. The number of anilines is 2. The van der Waals surface area contributed by atoms with Gasteiger partial charge < -0.3 is 15.3 Å². The van der Waals surface area contributed by atoms with Gasteiger partial charge in [-0.1, -0.05) is 6.07 Å². The van der Waals surface area contributed by atoms with E-state index in [2.05, 4.69) is 59.2 Å². The Morgan fingerprint density at radius 3 is 2.53 bits per heavy atom. The first-order valence-corrected chi connectivity index (χ1v) is 13.6. The molecule has 3 fully saturated rings. The first-order valence-electron chi connectivity index (χ1n) is 13.6. The van der Waals surface area contributed by atoms with Crippen molar-refractivity contribution in [2.75, 3.05) is 36.9 Å². The molecule has 0 amide bonds. The molecule has 1 saturated heterocycles. The summed E-state index contributed by atoms with van der Waals surface area (Å²) in [5, 5.41) is 16.0. The Labute approximate surface area is 212 Å². The maximum Gasteiger partial charge on any atom is 0.260 e. The summed E-state index contributed by atoms with van der Waals surface area (Å²) in [5.74, 6) is 1.30. The summed E-state index contributed by atoms with van der Waals surface area (Å²) < 4.78 is 1.91. The molecule has 0 spiro atoms. The van der Waals surface area contributed by atoms with Crippen LogP contribution in [0.3, 0.4) is 0 Å². The van der Waals surface area contributed by atoms with Crippen molar-refractivity contribution in [1.29, 1.82) is 0 Å². The Kier molecular flexibility index (Phi) is 6.12. The van der Waals surface area contributed by atoms with Crippen LogP contribution in [0.2, 0.25) is 0 Å². The average molecular weight is 491 g/mol. The van der Waals surface area contributed by atoms with E-state index in [-0.39, 0.29) is 17.7 Å². The van der Waals surface area contributed by atoms with E-state index in [1.807, 2.05) is 10.8 Å². The van der Waals surface area contributed by atoms with Crippen LogP contribution in [0.15, 0.2) is 29.2 Å². The van der Waals surface area contributed by atoms with E-state index >= 15 is 0 Å². The highest BCUT2D eigenvalue weighted by atomic mass is 16.3. The normalized spacial score (nSPS) is 27.6. The number of fused-ring (bicyclic) bond motifs is 3. The van der Waals surface area contributed by atoms with Crippen LogP contribution in [0.25, 0.3) is 21.8 Å². The smallest absolute Gasteiger partial charge is 0.260 e. The van der Waals surface area contributed by atoms with Crippen LogP contribution in [-0.2, 0) is 0 Å². The first kappa shape index (κ1) is 23.7. The standard InChI is InChI=1S/C28H38N6O2/c1-17-16-33(18(2)15-32(17)3)21-8-11-23-24(12-21)27(36)34(20-6-9-22(35)10-7-20)26-25(23)14-30-28(31-26)29-13-19-4-5-19/h8,11-12,14,17-20,22,35H,4-7,9-10,13,15-16H2,1-3H3,(H,29,30,31)/t17-,18+,20?,22?/m1/s1. The van der Waals surface area contributed by atoms with E-state index < -0.39 is 0 Å². The number of aliphatic hydroxyl groups excluding tert-OH is 1. The number of hydrogen-bond acceptors (Lipinski definition) is 7. The van der Waals surface area contributed by atoms with E-state index in [4.69, 9.17) is 4.98 Å². The number of aliphatic hydroxyl groups is 1. The van der Waals surface area contributed by atoms with Crippen LogP contribution in [0.4, 0.5) is 11.6 Å². The zero-order valence-electron chi connectivity index (χ0n) is 21.7. The van der Waals surface area contributed by atoms with Gasteiger partial charge in [0.15, 0.2) is 0 Å². The quantitative estimate of drug-likeness (QED) is 0.527. The summed E-state index contributed by atoms with van der Waals surface area (Å²) in [6.45, 7) is 7.32. The molecule has 2 N–H and O–H groups in total. The van der Waals surface area contributed by atoms with Crippen molar-refractivity contribution in [2.45, 2.75) is 76.6 Å². The number of hydrogen-bond donors (Lipinski definition) is 2. The zero-order valence-corrected chi connectivity index (χ0v) is 21.7. The lowest BCUT2D eigenvalue weighted by Gasteiger charge is -2.44. The van der Waals surface area contributed by atoms with Crippen LogP contribution in [0.5, 0.6) is 0 Å². The maximum atomic E-state index is 14.1. The Balaban J connectivity index is 1.48. The molecule has 0 radical (unpaired) electrons. The molecule has 2 aliphatic carbocycles. The number of piperazine rings is 1. The highest BCUT2D eigenvalue weighted by molar-refractivity contribution is 6.05. The summed E-state index contributed by atoms with van der Waals surface area (Å²) in [4.78, 5) is 28.5. The number of likely N-dealkylation sites (N-methyl/N-ethyl adjacent to an activating group) is 1. The molecule has 2 atom stereocenters. The van der Waals surface area contributed by atoms with E-state index in [9.17, 15) is 9.90 Å². The van der Waals surface area contributed by atoms with Gasteiger partial charge in [0.25, 0.3) is 5.56 Å². The predicted octanol–water partition coefficient (Wildman–Crippen LogP) is 3.77. The number of nitrogens with zero attached hydrogens (tertiary/aromatic N) is 5. The molecule has 3 aliphatic rings. The summed E-state index contributed by atoms with van der Waals surface area (Å²) in [5.41, 5.74) is 1.82. The number of nitrogens with one attached hydrogen (secondary N) is 1. The van der Waals surface area contributed by atoms with E-state index in [0.717, 1.165) is 54.3 Å². The van der Waals surface area contributed by atoms with E-state index in [1.54, 1.807) is 0 Å². The predicted molar refractivity (Wildman–Crippen MR) is 145 cm³/mol. The fourth-order valence-electron chi connectivity index (χ4n) is 6.05. The zero-order chi connectivity index (χ0) is 25.0. The van der Waals surface area contributed by atoms with Gasteiger partial charge in [-0.05, 0) is 82.9 Å². The Bertz CT molecular complexity index is 1330. The second-order valence-electron chi connectivity index (χ2n) is 11.4. The molecule has 3 aromatic rings. The van der Waals surface area contributed by atoms with Gasteiger partial charge in [0, 0.05) is 55.0 Å². The summed E-state index contributed by atoms with van der Waals surface area (Å²) in [7, 11) is 2.18. The summed E-state index contributed by atoms with van der Waals surface area (Å²) >= 11 is 0. The minimum atomic E-state index is -0.276. The van der Waals surface area contributed by atoms with Crippen LogP contribution in [-0.4, -0.2) is 69.4 Å². The number of aromatic nitrogens is 3. The van der Waals surface area contributed by atoms with E-state index in [0.29, 0.717) is 42.4 Å². The van der Waals surface area contributed by atoms with Crippen molar-refractivity contribution >= 4 is 33.4 Å². The van der Waals surface area contributed by atoms with Gasteiger partial charge in [-0.3, -0.25) is 14.3 Å². The Hall–Kier alpha value is -2.71. The second kappa shape index (κ2) is 9.30. The van der Waals surface area contributed by atoms with Crippen LogP contribution < -0.4 is 15.8 Å². The largest absolute Gasteiger partial charge is 0.393 e. The molecule has 1 aromatic carbocycles. The lowest BCUT2D eigenvalue weighted by Crippen LogP contribution is -2.55. The number of pyridine rings is 1. The molecule has 6 rings (SSSR count). The maximum absolute atomic E-state index is 14.1. The molecule has 192 valence electrons. The van der Waals surface area contributed by atoms with Gasteiger partial charge in [0.2, 0.25) is 5.95 Å². The number of rotatable bonds is 5. The van der Waals surface area contributed by atoms with E-state index in [1.165, 1.54) is 12.8 Å². The lowest BCUT2D eigenvalue weighted by atomic mass is 9.92. The highest BCUT2D eigenvalue weighted by Gasteiger charge is 2.29. The molecule has 1 aliphatic heterocycles. The Morgan fingerprint density at radius 2 is 1.78 bits per heavy atom. The monoisotopic (exact) mass is 490 g/mol. The van der Waals surface area contributed by atoms with Crippen molar-refractivity contribution in [1.82, 2.24) is 19.4 Å². The molecule has 0 bridgehead atoms. The van der Waals surface area contributed by atoms with Gasteiger partial charge in [-0.25, -0.2) is 4.98 Å². The molecule has 3 heterocycles. The molecule has 0 unspecified atom stereocenters. The molecule has 8 heteroatoms. The average Bonchev–Trinajstić information content (AvgIpc) is 3.70. The topological polar surface area (TPSA) is 86.5 Å². The van der Waals surface area contributed by atoms with Crippen LogP contribution in [0.1, 0.15) is 58.4 Å². The molecular formula is C28H38N6O2. The van der Waals surface area contributed by atoms with Crippen molar-refractivity contribution in [3.8, 4) is 0 Å². The summed E-state index contributed by atoms with van der Waals surface area (Å²) in [6, 6.07) is 7.17. The van der Waals surface area contributed by atoms with Crippen LogP contribution >= 0.6 is 0 Å². The van der Waals surface area contributed by atoms with Crippen molar-refractivity contribution < 1.29 is 5.11 Å². The van der Waals surface area contributed by atoms with Gasteiger partial charge in [-0.15, -0.1) is 0 Å². The van der Waals surface area contributed by atoms with Crippen molar-refractivity contribution in [3.05, 3.63) is 34.7 Å². The first-order chi connectivity index (χ1) is 17.4. The molecule has 8 nitrogen and oxygen atoms in total. The molecule has 36 heavy (non-hydrogen) atoms.